The van der Waals surface area contributed by atoms with E-state index in [1.165, 1.54) is 24.9 Å². The minimum Gasteiger partial charge on any atom is -0.324 e. The average molecular weight is 325 g/mol. The largest absolute Gasteiger partial charge is 0.324 e. The van der Waals surface area contributed by atoms with Gasteiger partial charge in [-0.05, 0) is 42.9 Å². The van der Waals surface area contributed by atoms with Crippen LogP contribution in [0.15, 0.2) is 28.7 Å². The molecule has 1 fully saturated rings. The lowest BCUT2D eigenvalue weighted by molar-refractivity contribution is 0.226. The Bertz CT molecular complexity index is 384. The highest BCUT2D eigenvalue weighted by Gasteiger charge is 2.29. The Kier molecular flexibility index (Phi) is 5.43. The summed E-state index contributed by atoms with van der Waals surface area (Å²) in [6, 6.07) is 9.38. The molecule has 2 nitrogen and oxygen atoms in total. The zero-order chi connectivity index (χ0) is 13.8. The van der Waals surface area contributed by atoms with Gasteiger partial charge in [-0.1, -0.05) is 41.9 Å². The Balaban J connectivity index is 1.84. The quantitative estimate of drug-likeness (QED) is 0.822. The minimum absolute atomic E-state index is 0.154. The summed E-state index contributed by atoms with van der Waals surface area (Å²) in [7, 11) is 0. The Morgan fingerprint density at radius 1 is 1.26 bits per heavy atom. The van der Waals surface area contributed by atoms with Crippen LogP contribution in [0.4, 0.5) is 0 Å². The van der Waals surface area contributed by atoms with Gasteiger partial charge < -0.3 is 10.6 Å². The Morgan fingerprint density at radius 2 is 1.89 bits per heavy atom. The van der Waals surface area contributed by atoms with E-state index in [-0.39, 0.29) is 6.04 Å². The molecular weight excluding hydrogens is 300 g/mol. The predicted molar refractivity (Wildman–Crippen MR) is 85.1 cm³/mol. The van der Waals surface area contributed by atoms with Gasteiger partial charge >= 0.3 is 0 Å². The van der Waals surface area contributed by atoms with Gasteiger partial charge in [0.15, 0.2) is 0 Å². The van der Waals surface area contributed by atoms with Crippen molar-refractivity contribution in [1.29, 1.82) is 0 Å². The summed E-state index contributed by atoms with van der Waals surface area (Å²) < 4.78 is 1.11. The number of nitrogens with two attached hydrogens (primary N) is 1. The molecule has 0 aliphatic heterocycles. The molecule has 0 aromatic heterocycles. The van der Waals surface area contributed by atoms with Crippen molar-refractivity contribution >= 4 is 15.9 Å². The van der Waals surface area contributed by atoms with Crippen LogP contribution in [0, 0.1) is 5.92 Å². The summed E-state index contributed by atoms with van der Waals surface area (Å²) in [5.41, 5.74) is 7.54. The summed E-state index contributed by atoms with van der Waals surface area (Å²) in [5.74, 6) is 0.740. The first-order valence-electron chi connectivity index (χ1n) is 7.31. The number of halogens is 1. The maximum absolute atomic E-state index is 6.30. The topological polar surface area (TPSA) is 29.3 Å². The molecule has 0 saturated heterocycles. The van der Waals surface area contributed by atoms with E-state index in [2.05, 4.69) is 58.9 Å². The van der Waals surface area contributed by atoms with E-state index in [0.29, 0.717) is 0 Å². The van der Waals surface area contributed by atoms with Gasteiger partial charge in [-0.3, -0.25) is 0 Å². The van der Waals surface area contributed by atoms with Gasteiger partial charge in [0.25, 0.3) is 0 Å². The van der Waals surface area contributed by atoms with Gasteiger partial charge in [-0.25, -0.2) is 0 Å². The monoisotopic (exact) mass is 324 g/mol. The van der Waals surface area contributed by atoms with E-state index < -0.39 is 0 Å². The lowest BCUT2D eigenvalue weighted by Crippen LogP contribution is -2.32. The van der Waals surface area contributed by atoms with Gasteiger partial charge in [-0.2, -0.15) is 0 Å². The third-order valence-corrected chi connectivity index (χ3v) is 4.22. The average Bonchev–Trinajstić information content (AvgIpc) is 3.18. The standard InChI is InChI=1S/C16H25BrN2/c1-12(2)11-19(15-7-8-15)10-9-16(18)13-3-5-14(17)6-4-13/h3-6,12,15-16H,7-11,18H2,1-2H3. The summed E-state index contributed by atoms with van der Waals surface area (Å²) in [6.07, 6.45) is 3.80. The lowest BCUT2D eigenvalue weighted by Gasteiger charge is -2.25. The molecule has 1 atom stereocenters. The van der Waals surface area contributed by atoms with Gasteiger partial charge in [0.1, 0.15) is 0 Å². The molecule has 19 heavy (non-hydrogen) atoms. The van der Waals surface area contributed by atoms with E-state index in [0.717, 1.165) is 29.4 Å². The highest BCUT2D eigenvalue weighted by molar-refractivity contribution is 9.10. The van der Waals surface area contributed by atoms with Gasteiger partial charge in [0.2, 0.25) is 0 Å². The van der Waals surface area contributed by atoms with Gasteiger partial charge in [0, 0.05) is 29.6 Å². The molecule has 1 aliphatic rings. The molecule has 0 bridgehead atoms. The van der Waals surface area contributed by atoms with Crippen LogP contribution in [0.3, 0.4) is 0 Å². The van der Waals surface area contributed by atoms with Crippen molar-refractivity contribution in [2.45, 2.75) is 45.2 Å². The van der Waals surface area contributed by atoms with Crippen LogP contribution in [0.25, 0.3) is 0 Å². The first kappa shape index (κ1) is 15.0. The molecule has 106 valence electrons. The molecule has 2 rings (SSSR count). The van der Waals surface area contributed by atoms with E-state index >= 15 is 0 Å². The summed E-state index contributed by atoms with van der Waals surface area (Å²) in [5, 5.41) is 0. The maximum atomic E-state index is 6.30. The Labute approximate surface area is 125 Å². The van der Waals surface area contributed by atoms with E-state index in [4.69, 9.17) is 5.73 Å². The third kappa shape index (κ3) is 4.90. The van der Waals surface area contributed by atoms with Crippen molar-refractivity contribution in [2.24, 2.45) is 11.7 Å². The molecule has 1 aliphatic carbocycles. The normalized spacial score (nSPS) is 17.2. The third-order valence-electron chi connectivity index (χ3n) is 3.69. The van der Waals surface area contributed by atoms with Crippen LogP contribution in [0.2, 0.25) is 0 Å². The van der Waals surface area contributed by atoms with Crippen molar-refractivity contribution in [1.82, 2.24) is 4.90 Å². The van der Waals surface area contributed by atoms with Crippen LogP contribution in [-0.4, -0.2) is 24.0 Å². The second-order valence-corrected chi connectivity index (χ2v) is 6.98. The van der Waals surface area contributed by atoms with Gasteiger partial charge in [0.05, 0.1) is 0 Å². The molecule has 1 saturated carbocycles. The number of hydrogen-bond acceptors (Lipinski definition) is 2. The fraction of sp³-hybridized carbons (Fsp3) is 0.625. The second-order valence-electron chi connectivity index (χ2n) is 6.07. The Hall–Kier alpha value is -0.380. The molecule has 0 heterocycles. The smallest absolute Gasteiger partial charge is 0.0307 e. The molecule has 2 N–H and O–H groups in total. The number of rotatable bonds is 7. The SMILES string of the molecule is CC(C)CN(CCC(N)c1ccc(Br)cc1)C1CC1. The molecule has 1 unspecified atom stereocenters. The van der Waals surface area contributed by atoms with Crippen molar-refractivity contribution in [3.05, 3.63) is 34.3 Å². The molecule has 3 heteroatoms. The zero-order valence-corrected chi connectivity index (χ0v) is 13.6. The van der Waals surface area contributed by atoms with Crippen molar-refractivity contribution < 1.29 is 0 Å². The summed E-state index contributed by atoms with van der Waals surface area (Å²) in [4.78, 5) is 2.63. The molecule has 1 aromatic carbocycles. The van der Waals surface area contributed by atoms with E-state index in [9.17, 15) is 0 Å². The molecular formula is C16H25BrN2. The second kappa shape index (κ2) is 6.87. The van der Waals surface area contributed by atoms with Crippen molar-refractivity contribution in [2.75, 3.05) is 13.1 Å². The van der Waals surface area contributed by atoms with Crippen LogP contribution in [0.1, 0.15) is 44.7 Å². The lowest BCUT2D eigenvalue weighted by atomic mass is 10.0. The number of hydrogen-bond donors (Lipinski definition) is 1. The Morgan fingerprint density at radius 3 is 2.42 bits per heavy atom. The van der Waals surface area contributed by atoms with E-state index in [1.807, 2.05) is 0 Å². The minimum atomic E-state index is 0.154. The highest BCUT2D eigenvalue weighted by atomic mass is 79.9. The van der Waals surface area contributed by atoms with Crippen molar-refractivity contribution in [3.8, 4) is 0 Å². The fourth-order valence-electron chi connectivity index (χ4n) is 2.51. The fourth-order valence-corrected chi connectivity index (χ4v) is 2.78. The zero-order valence-electron chi connectivity index (χ0n) is 12.0. The summed E-state index contributed by atoms with van der Waals surface area (Å²) in [6.45, 7) is 6.92. The highest BCUT2D eigenvalue weighted by Crippen LogP contribution is 2.28. The number of benzene rings is 1. The number of nitrogens with zero attached hydrogens (tertiary/aromatic N) is 1. The van der Waals surface area contributed by atoms with Crippen LogP contribution >= 0.6 is 15.9 Å². The predicted octanol–water partition coefficient (Wildman–Crippen LogP) is 3.96. The molecule has 0 radical (unpaired) electrons. The molecule has 0 amide bonds. The van der Waals surface area contributed by atoms with Crippen LogP contribution in [-0.2, 0) is 0 Å². The first-order valence-corrected chi connectivity index (χ1v) is 8.10. The molecule has 1 aromatic rings. The first-order chi connectivity index (χ1) is 9.06. The van der Waals surface area contributed by atoms with Crippen LogP contribution < -0.4 is 5.73 Å². The van der Waals surface area contributed by atoms with Crippen LogP contribution in [0.5, 0.6) is 0 Å². The maximum Gasteiger partial charge on any atom is 0.0307 e. The summed E-state index contributed by atoms with van der Waals surface area (Å²) >= 11 is 3.46. The van der Waals surface area contributed by atoms with E-state index in [1.54, 1.807) is 0 Å². The van der Waals surface area contributed by atoms with Gasteiger partial charge in [-0.15, -0.1) is 0 Å². The van der Waals surface area contributed by atoms with Crippen molar-refractivity contribution in [3.63, 3.8) is 0 Å². The molecule has 0 spiro atoms.